The van der Waals surface area contributed by atoms with Gasteiger partial charge in [0.2, 0.25) is 0 Å². The van der Waals surface area contributed by atoms with Gasteiger partial charge in [0.1, 0.15) is 6.54 Å². The number of fused-ring (bicyclic) bond motifs is 1. The molecule has 144 valence electrons. The van der Waals surface area contributed by atoms with Gasteiger partial charge >= 0.3 is 11.8 Å². The van der Waals surface area contributed by atoms with E-state index in [0.29, 0.717) is 19.7 Å². The molecule has 0 aliphatic carbocycles. The average Bonchev–Trinajstić information content (AvgIpc) is 3.22. The number of nitrogens with one attached hydrogen (secondary N) is 3. The molecule has 7 nitrogen and oxygen atoms in total. The lowest BCUT2D eigenvalue weighted by molar-refractivity contribution is -0.946. The molecule has 2 heterocycles. The molecule has 0 saturated carbocycles. The largest absolute Gasteiger partial charge is 0.463 e. The maximum absolute atomic E-state index is 12.1. The molecule has 1 aromatic carbocycles. The molecule has 2 amide bonds. The maximum atomic E-state index is 12.1. The second kappa shape index (κ2) is 9.34. The van der Waals surface area contributed by atoms with Gasteiger partial charge < -0.3 is 24.7 Å². The van der Waals surface area contributed by atoms with Gasteiger partial charge in [-0.25, -0.2) is 0 Å². The zero-order valence-electron chi connectivity index (χ0n) is 15.5. The molecule has 3 rings (SSSR count). The van der Waals surface area contributed by atoms with Crippen LogP contribution in [0, 0.1) is 0 Å². The van der Waals surface area contributed by atoms with Gasteiger partial charge in [0, 0.05) is 25.6 Å². The highest BCUT2D eigenvalue weighted by Gasteiger charge is 2.31. The first-order valence-electron chi connectivity index (χ1n) is 9.18. The minimum absolute atomic E-state index is 0.0518. The fourth-order valence-corrected chi connectivity index (χ4v) is 3.46. The number of hydrogen-bond donors (Lipinski definition) is 3. The summed E-state index contributed by atoms with van der Waals surface area (Å²) in [6, 6.07) is 12.1. The lowest BCUT2D eigenvalue weighted by Gasteiger charge is -2.31. The molecular formula is C20H26N3O4+. The van der Waals surface area contributed by atoms with Crippen molar-refractivity contribution in [1.29, 1.82) is 0 Å². The summed E-state index contributed by atoms with van der Waals surface area (Å²) in [6.45, 7) is 2.81. The molecule has 0 saturated heterocycles. The van der Waals surface area contributed by atoms with Crippen LogP contribution in [0.4, 0.5) is 0 Å². The molecule has 2 aromatic rings. The molecule has 0 fully saturated rings. The third-order valence-electron chi connectivity index (χ3n) is 4.90. The van der Waals surface area contributed by atoms with E-state index in [4.69, 9.17) is 9.15 Å². The van der Waals surface area contributed by atoms with Crippen LogP contribution in [-0.2, 0) is 27.3 Å². The van der Waals surface area contributed by atoms with Crippen molar-refractivity contribution in [2.45, 2.75) is 19.0 Å². The first-order valence-corrected chi connectivity index (χ1v) is 9.18. The topological polar surface area (TPSA) is 85.0 Å². The number of methoxy groups -OCH3 is 1. The van der Waals surface area contributed by atoms with Gasteiger partial charge in [-0.15, -0.1) is 0 Å². The summed E-state index contributed by atoms with van der Waals surface area (Å²) in [5.41, 5.74) is 2.69. The Morgan fingerprint density at radius 1 is 1.15 bits per heavy atom. The Hall–Kier alpha value is -2.64. The number of ether oxygens (including phenoxy) is 1. The Morgan fingerprint density at radius 2 is 1.93 bits per heavy atom. The van der Waals surface area contributed by atoms with Gasteiger partial charge in [-0.1, -0.05) is 24.3 Å². The summed E-state index contributed by atoms with van der Waals surface area (Å²) >= 11 is 0. The summed E-state index contributed by atoms with van der Waals surface area (Å²) in [6.07, 6.45) is 2.62. The van der Waals surface area contributed by atoms with Gasteiger partial charge in [-0.2, -0.15) is 0 Å². The lowest BCUT2D eigenvalue weighted by atomic mass is 9.98. The van der Waals surface area contributed by atoms with Crippen molar-refractivity contribution in [2.75, 3.05) is 33.4 Å². The van der Waals surface area contributed by atoms with Crippen molar-refractivity contribution in [1.82, 2.24) is 10.6 Å². The molecule has 1 aliphatic rings. The number of benzene rings is 1. The van der Waals surface area contributed by atoms with Crippen LogP contribution in [-0.4, -0.2) is 45.2 Å². The SMILES string of the molecule is COCCNC(=O)C(=O)NC[C@@H](c1ccco1)[NH+]1CCc2ccccc2C1. The summed E-state index contributed by atoms with van der Waals surface area (Å²) in [5, 5.41) is 5.27. The van der Waals surface area contributed by atoms with Crippen LogP contribution in [0.3, 0.4) is 0 Å². The van der Waals surface area contributed by atoms with Gasteiger partial charge in [0.05, 0.1) is 26.0 Å². The number of furan rings is 1. The molecule has 7 heteroatoms. The number of carbonyl (C=O) groups excluding carboxylic acids is 2. The van der Waals surface area contributed by atoms with E-state index in [1.165, 1.54) is 16.0 Å². The minimum atomic E-state index is -0.649. The molecule has 1 unspecified atom stereocenters. The Morgan fingerprint density at radius 3 is 2.67 bits per heavy atom. The van der Waals surface area contributed by atoms with E-state index in [0.717, 1.165) is 25.3 Å². The Balaban J connectivity index is 1.63. The first-order chi connectivity index (χ1) is 13.2. The smallest absolute Gasteiger partial charge is 0.309 e. The zero-order chi connectivity index (χ0) is 19.1. The Bertz CT molecular complexity index is 760. The van der Waals surface area contributed by atoms with Crippen molar-refractivity contribution >= 4 is 11.8 Å². The fourth-order valence-electron chi connectivity index (χ4n) is 3.46. The van der Waals surface area contributed by atoms with Crippen LogP contribution in [0.1, 0.15) is 22.9 Å². The molecule has 0 spiro atoms. The monoisotopic (exact) mass is 372 g/mol. The van der Waals surface area contributed by atoms with Crippen LogP contribution in [0.5, 0.6) is 0 Å². The van der Waals surface area contributed by atoms with Crippen LogP contribution in [0.15, 0.2) is 47.1 Å². The van der Waals surface area contributed by atoms with E-state index in [-0.39, 0.29) is 6.04 Å². The van der Waals surface area contributed by atoms with Gasteiger partial charge in [-0.05, 0) is 17.7 Å². The maximum Gasteiger partial charge on any atom is 0.309 e. The third kappa shape index (κ3) is 4.96. The summed E-state index contributed by atoms with van der Waals surface area (Å²) in [5.74, 6) is -0.479. The van der Waals surface area contributed by atoms with E-state index in [2.05, 4.69) is 34.9 Å². The summed E-state index contributed by atoms with van der Waals surface area (Å²) in [4.78, 5) is 25.2. The highest BCUT2D eigenvalue weighted by atomic mass is 16.5. The Labute approximate surface area is 158 Å². The normalized spacial score (nSPS) is 17.0. The molecule has 3 N–H and O–H groups in total. The van der Waals surface area contributed by atoms with E-state index in [1.807, 2.05) is 12.1 Å². The van der Waals surface area contributed by atoms with Crippen LogP contribution in [0.25, 0.3) is 0 Å². The van der Waals surface area contributed by atoms with E-state index < -0.39 is 11.8 Å². The number of amides is 2. The van der Waals surface area contributed by atoms with Gasteiger partial charge in [0.25, 0.3) is 0 Å². The van der Waals surface area contributed by atoms with Crippen molar-refractivity contribution in [3.05, 3.63) is 59.5 Å². The molecular weight excluding hydrogens is 346 g/mol. The number of quaternary nitrogens is 1. The van der Waals surface area contributed by atoms with Crippen molar-refractivity contribution in [2.24, 2.45) is 0 Å². The fraction of sp³-hybridized carbons (Fsp3) is 0.400. The second-order valence-corrected chi connectivity index (χ2v) is 6.63. The van der Waals surface area contributed by atoms with Crippen LogP contribution < -0.4 is 15.5 Å². The van der Waals surface area contributed by atoms with Crippen molar-refractivity contribution in [3.8, 4) is 0 Å². The molecule has 2 atom stereocenters. The lowest BCUT2D eigenvalue weighted by Crippen LogP contribution is -3.12. The molecule has 27 heavy (non-hydrogen) atoms. The summed E-state index contributed by atoms with van der Waals surface area (Å²) in [7, 11) is 1.54. The third-order valence-corrected chi connectivity index (χ3v) is 4.90. The number of rotatable bonds is 7. The van der Waals surface area contributed by atoms with Crippen LogP contribution >= 0.6 is 0 Å². The molecule has 1 aliphatic heterocycles. The highest BCUT2D eigenvalue weighted by molar-refractivity contribution is 6.35. The van der Waals surface area contributed by atoms with Crippen molar-refractivity contribution < 1.29 is 23.6 Å². The van der Waals surface area contributed by atoms with Crippen molar-refractivity contribution in [3.63, 3.8) is 0 Å². The predicted molar refractivity (Wildman–Crippen MR) is 99.0 cm³/mol. The predicted octanol–water partition coefficient (Wildman–Crippen LogP) is -0.159. The molecule has 0 radical (unpaired) electrons. The zero-order valence-corrected chi connectivity index (χ0v) is 15.5. The van der Waals surface area contributed by atoms with Crippen LogP contribution in [0.2, 0.25) is 0 Å². The Kier molecular flexibility index (Phi) is 6.62. The number of carbonyl (C=O) groups is 2. The average molecular weight is 372 g/mol. The van der Waals surface area contributed by atoms with E-state index in [9.17, 15) is 9.59 Å². The molecule has 1 aromatic heterocycles. The second-order valence-electron chi connectivity index (χ2n) is 6.63. The minimum Gasteiger partial charge on any atom is -0.463 e. The first kappa shape index (κ1) is 19.1. The van der Waals surface area contributed by atoms with E-state index >= 15 is 0 Å². The quantitative estimate of drug-likeness (QED) is 0.466. The van der Waals surface area contributed by atoms with Gasteiger partial charge in [-0.3, -0.25) is 9.59 Å². The standard InChI is InChI=1S/C20H25N3O4/c1-26-12-9-21-19(24)20(25)22-13-17(18-7-4-11-27-18)23-10-8-15-5-2-3-6-16(15)14-23/h2-7,11,17H,8-10,12-14H2,1H3,(H,21,24)(H,22,25)/p+1/t17-/m0/s1. The highest BCUT2D eigenvalue weighted by Crippen LogP contribution is 2.15. The number of hydrogen-bond acceptors (Lipinski definition) is 4. The summed E-state index contributed by atoms with van der Waals surface area (Å²) < 4.78 is 10.5. The molecule has 0 bridgehead atoms. The van der Waals surface area contributed by atoms with E-state index in [1.54, 1.807) is 13.4 Å². The van der Waals surface area contributed by atoms with Gasteiger partial charge in [0.15, 0.2) is 11.8 Å².